The fourth-order valence-electron chi connectivity index (χ4n) is 4.05. The smallest absolute Gasteiger partial charge is 0.277 e. The van der Waals surface area contributed by atoms with E-state index in [0.29, 0.717) is 24.5 Å². The lowest BCUT2D eigenvalue weighted by molar-refractivity contribution is 0.310. The molecule has 32 heavy (non-hydrogen) atoms. The number of likely N-dealkylation sites (N-methyl/N-ethyl adjacent to an activating group) is 1. The molecule has 4 rings (SSSR count). The van der Waals surface area contributed by atoms with Crippen molar-refractivity contribution in [1.82, 2.24) is 5.32 Å². The number of fused-ring (bicyclic) bond motifs is 1. The molecule has 0 saturated carbocycles. The van der Waals surface area contributed by atoms with Gasteiger partial charge < -0.3 is 19.9 Å². The Labute approximate surface area is 190 Å². The minimum absolute atomic E-state index is 0.0923. The van der Waals surface area contributed by atoms with Gasteiger partial charge in [-0.15, -0.1) is 0 Å². The molecule has 8 nitrogen and oxygen atoms in total. The Balaban J connectivity index is 1.74. The number of allylic oxidation sites excluding steroid dienone is 1. The van der Waals surface area contributed by atoms with E-state index in [1.54, 1.807) is 18.2 Å². The molecule has 0 aromatic heterocycles. The fourth-order valence-corrected chi connectivity index (χ4v) is 5.19. The van der Waals surface area contributed by atoms with Crippen molar-refractivity contribution >= 4 is 32.7 Å². The van der Waals surface area contributed by atoms with Gasteiger partial charge in [-0.3, -0.25) is 0 Å². The summed E-state index contributed by atoms with van der Waals surface area (Å²) in [7, 11) is -2.06. The highest BCUT2D eigenvalue weighted by atomic mass is 32.2. The zero-order chi connectivity index (χ0) is 22.9. The molecule has 2 aliphatic heterocycles. The standard InChI is InChI=1S/C23H31N5O3S/c1-4-17(2)20-7-5-18(27-11-9-25-10-12-27)15-22(20)28(24)32(29,30)19-6-8-21-23(16-19)31-14-13-26(21)3/h5-8,15-16,25H,2,4,9-14,24H2,1,3H3. The average molecular weight is 458 g/mol. The second-order valence-corrected chi connectivity index (χ2v) is 9.91. The second kappa shape index (κ2) is 9.01. The van der Waals surface area contributed by atoms with Gasteiger partial charge in [0.1, 0.15) is 12.4 Å². The maximum absolute atomic E-state index is 13.5. The third kappa shape index (κ3) is 4.15. The van der Waals surface area contributed by atoms with Crippen LogP contribution in [0.25, 0.3) is 5.57 Å². The summed E-state index contributed by atoms with van der Waals surface area (Å²) >= 11 is 0. The molecule has 1 saturated heterocycles. The Morgan fingerprint density at radius 3 is 2.66 bits per heavy atom. The molecule has 172 valence electrons. The molecule has 0 atom stereocenters. The third-order valence-electron chi connectivity index (χ3n) is 6.09. The minimum Gasteiger partial charge on any atom is -0.490 e. The zero-order valence-electron chi connectivity index (χ0n) is 18.7. The van der Waals surface area contributed by atoms with Crippen LogP contribution in [0.5, 0.6) is 5.75 Å². The third-order valence-corrected chi connectivity index (χ3v) is 7.66. The van der Waals surface area contributed by atoms with Crippen LogP contribution in [0.15, 0.2) is 47.9 Å². The first-order valence-electron chi connectivity index (χ1n) is 10.9. The summed E-state index contributed by atoms with van der Waals surface area (Å²) in [5.74, 6) is 6.86. The maximum Gasteiger partial charge on any atom is 0.277 e. The molecule has 0 amide bonds. The van der Waals surface area contributed by atoms with Crippen molar-refractivity contribution in [2.24, 2.45) is 5.84 Å². The van der Waals surface area contributed by atoms with Gasteiger partial charge in [0, 0.05) is 50.5 Å². The van der Waals surface area contributed by atoms with Crippen molar-refractivity contribution in [3.05, 3.63) is 48.5 Å². The number of benzene rings is 2. The van der Waals surface area contributed by atoms with E-state index in [2.05, 4.69) is 16.8 Å². The van der Waals surface area contributed by atoms with Crippen molar-refractivity contribution in [3.63, 3.8) is 0 Å². The van der Waals surface area contributed by atoms with E-state index in [4.69, 9.17) is 10.6 Å². The van der Waals surface area contributed by atoms with E-state index in [9.17, 15) is 8.42 Å². The lowest BCUT2D eigenvalue weighted by atomic mass is 10.0. The molecule has 2 heterocycles. The van der Waals surface area contributed by atoms with Crippen LogP contribution in [0.3, 0.4) is 0 Å². The first kappa shape index (κ1) is 22.4. The number of piperazine rings is 1. The molecule has 0 radical (unpaired) electrons. The number of nitrogens with zero attached hydrogens (tertiary/aromatic N) is 3. The fraction of sp³-hybridized carbons (Fsp3) is 0.391. The van der Waals surface area contributed by atoms with E-state index < -0.39 is 10.0 Å². The van der Waals surface area contributed by atoms with Gasteiger partial charge >= 0.3 is 0 Å². The topological polar surface area (TPSA) is 91.1 Å². The lowest BCUT2D eigenvalue weighted by Gasteiger charge is -2.31. The summed E-state index contributed by atoms with van der Waals surface area (Å²) in [6.45, 7) is 10.8. The van der Waals surface area contributed by atoms with E-state index >= 15 is 0 Å². The summed E-state index contributed by atoms with van der Waals surface area (Å²) in [5.41, 5.74) is 3.78. The van der Waals surface area contributed by atoms with Gasteiger partial charge in [0.05, 0.1) is 22.8 Å². The summed E-state index contributed by atoms with van der Waals surface area (Å²) in [4.78, 5) is 4.35. The van der Waals surface area contributed by atoms with Crippen LogP contribution in [-0.4, -0.2) is 54.8 Å². The zero-order valence-corrected chi connectivity index (χ0v) is 19.5. The van der Waals surface area contributed by atoms with Crippen LogP contribution in [0.2, 0.25) is 0 Å². The summed E-state index contributed by atoms with van der Waals surface area (Å²) in [6, 6.07) is 10.7. The monoisotopic (exact) mass is 457 g/mol. The highest BCUT2D eigenvalue weighted by Gasteiger charge is 2.28. The predicted octanol–water partition coefficient (Wildman–Crippen LogP) is 2.42. The number of sulfonamides is 1. The predicted molar refractivity (Wildman–Crippen MR) is 130 cm³/mol. The van der Waals surface area contributed by atoms with E-state index in [0.717, 1.165) is 59.6 Å². The first-order valence-corrected chi connectivity index (χ1v) is 12.3. The Kier molecular flexibility index (Phi) is 6.32. The maximum atomic E-state index is 13.5. The minimum atomic E-state index is -4.01. The number of nitrogens with one attached hydrogen (secondary N) is 1. The van der Waals surface area contributed by atoms with Crippen LogP contribution in [0.1, 0.15) is 18.9 Å². The quantitative estimate of drug-likeness (QED) is 0.508. The van der Waals surface area contributed by atoms with Crippen molar-refractivity contribution in [2.75, 3.05) is 60.6 Å². The molecule has 2 aliphatic rings. The van der Waals surface area contributed by atoms with Gasteiger partial charge in [0.2, 0.25) is 0 Å². The number of ether oxygens (including phenoxy) is 1. The molecular formula is C23H31N5O3S. The normalized spacial score (nSPS) is 16.3. The number of hydrogen-bond donors (Lipinski definition) is 2. The second-order valence-electron chi connectivity index (χ2n) is 8.10. The van der Waals surface area contributed by atoms with Crippen molar-refractivity contribution in [3.8, 4) is 5.75 Å². The lowest BCUT2D eigenvalue weighted by Crippen LogP contribution is -2.43. The molecule has 2 aromatic rings. The van der Waals surface area contributed by atoms with Crippen molar-refractivity contribution in [2.45, 2.75) is 18.2 Å². The molecule has 0 bridgehead atoms. The SMILES string of the molecule is C=C(CC)c1ccc(N2CCNCC2)cc1N(N)S(=O)(=O)c1ccc2c(c1)OCCN2C. The number of hydrogen-bond acceptors (Lipinski definition) is 7. The van der Waals surface area contributed by atoms with Gasteiger partial charge in [0.25, 0.3) is 10.0 Å². The summed E-state index contributed by atoms with van der Waals surface area (Å²) in [5, 5.41) is 3.33. The summed E-state index contributed by atoms with van der Waals surface area (Å²) in [6.07, 6.45) is 0.687. The van der Waals surface area contributed by atoms with Crippen LogP contribution in [-0.2, 0) is 10.0 Å². The summed E-state index contributed by atoms with van der Waals surface area (Å²) < 4.78 is 33.6. The van der Waals surface area contributed by atoms with E-state index in [1.165, 1.54) is 0 Å². The molecule has 9 heteroatoms. The van der Waals surface area contributed by atoms with E-state index in [1.807, 2.05) is 37.1 Å². The number of anilines is 3. The Morgan fingerprint density at radius 1 is 1.19 bits per heavy atom. The largest absolute Gasteiger partial charge is 0.490 e. The van der Waals surface area contributed by atoms with Crippen molar-refractivity contribution in [1.29, 1.82) is 0 Å². The van der Waals surface area contributed by atoms with Crippen molar-refractivity contribution < 1.29 is 13.2 Å². The van der Waals surface area contributed by atoms with Gasteiger partial charge in [-0.2, -0.15) is 8.42 Å². The molecule has 0 unspecified atom stereocenters. The van der Waals surface area contributed by atoms with Crippen LogP contribution in [0.4, 0.5) is 17.1 Å². The van der Waals surface area contributed by atoms with Crippen LogP contribution < -0.4 is 30.1 Å². The van der Waals surface area contributed by atoms with Gasteiger partial charge in [0.15, 0.2) is 0 Å². The van der Waals surface area contributed by atoms with Crippen LogP contribution >= 0.6 is 0 Å². The highest BCUT2D eigenvalue weighted by Crippen LogP contribution is 2.37. The Hall–Kier alpha value is -2.75. The number of rotatable bonds is 6. The highest BCUT2D eigenvalue weighted by molar-refractivity contribution is 7.92. The molecular weight excluding hydrogens is 426 g/mol. The number of nitrogens with two attached hydrogens (primary N) is 1. The molecule has 0 spiro atoms. The van der Waals surface area contributed by atoms with Crippen LogP contribution in [0, 0.1) is 0 Å². The molecule has 1 fully saturated rings. The molecule has 0 aliphatic carbocycles. The van der Waals surface area contributed by atoms with Gasteiger partial charge in [-0.1, -0.05) is 19.6 Å². The van der Waals surface area contributed by atoms with Gasteiger partial charge in [-0.05, 0) is 36.3 Å². The first-order chi connectivity index (χ1) is 15.3. The Bertz CT molecular complexity index is 1110. The molecule has 2 aromatic carbocycles. The number of hydrazine groups is 1. The molecule has 3 N–H and O–H groups in total. The Morgan fingerprint density at radius 2 is 1.94 bits per heavy atom. The van der Waals surface area contributed by atoms with Gasteiger partial charge in [-0.25, -0.2) is 10.3 Å². The average Bonchev–Trinajstić information content (AvgIpc) is 2.83. The van der Waals surface area contributed by atoms with E-state index in [-0.39, 0.29) is 4.90 Å².